The molecule has 0 spiro atoms. The van der Waals surface area contributed by atoms with Crippen molar-refractivity contribution in [2.45, 2.75) is 51.2 Å². The number of rotatable bonds is 2. The van der Waals surface area contributed by atoms with Gasteiger partial charge in [0.05, 0.1) is 11.5 Å². The normalized spacial score (nSPS) is 23.7. The van der Waals surface area contributed by atoms with Crippen LogP contribution in [0.2, 0.25) is 0 Å². The molecule has 1 aliphatic carbocycles. The number of hydrogen-bond acceptors (Lipinski definition) is 3. The number of nitrogens with zero attached hydrogens (tertiary/aromatic N) is 1. The number of hydrogen-bond donors (Lipinski definition) is 1. The molecule has 0 radical (unpaired) electrons. The van der Waals surface area contributed by atoms with Crippen LogP contribution in [0.4, 0.5) is 0 Å². The summed E-state index contributed by atoms with van der Waals surface area (Å²) in [5, 5.41) is 20.0. The minimum absolute atomic E-state index is 0.225. The first-order valence-electron chi connectivity index (χ1n) is 6.88. The Morgan fingerprint density at radius 3 is 2.68 bits per heavy atom. The Morgan fingerprint density at radius 2 is 2.11 bits per heavy atom. The molecule has 1 aromatic rings. The zero-order valence-electron chi connectivity index (χ0n) is 11.4. The maximum Gasteiger partial charge on any atom is 0.129 e. The summed E-state index contributed by atoms with van der Waals surface area (Å²) in [5.41, 5.74) is 1.08. The lowest BCUT2D eigenvalue weighted by atomic mass is 9.64. The van der Waals surface area contributed by atoms with Gasteiger partial charge < -0.3 is 9.84 Å². The average molecular weight is 257 g/mol. The third kappa shape index (κ3) is 1.82. The first-order chi connectivity index (χ1) is 8.97. The summed E-state index contributed by atoms with van der Waals surface area (Å²) in [6, 6.07) is 8.20. The van der Waals surface area contributed by atoms with Crippen molar-refractivity contribution in [2.24, 2.45) is 5.41 Å². The van der Waals surface area contributed by atoms with Crippen molar-refractivity contribution in [3.05, 3.63) is 29.3 Å². The van der Waals surface area contributed by atoms with Crippen molar-refractivity contribution in [1.82, 2.24) is 0 Å². The Balaban J connectivity index is 2.00. The van der Waals surface area contributed by atoms with Gasteiger partial charge in [0.1, 0.15) is 17.5 Å². The van der Waals surface area contributed by atoms with Crippen molar-refractivity contribution < 1.29 is 9.84 Å². The summed E-state index contributed by atoms with van der Waals surface area (Å²) in [4.78, 5) is 0. The predicted molar refractivity (Wildman–Crippen MR) is 71.7 cm³/mol. The minimum Gasteiger partial charge on any atom is -0.487 e. The minimum atomic E-state index is -0.741. The van der Waals surface area contributed by atoms with Crippen LogP contribution in [-0.2, 0) is 6.42 Å². The van der Waals surface area contributed by atoms with E-state index in [1.54, 1.807) is 0 Å². The summed E-state index contributed by atoms with van der Waals surface area (Å²) in [6.07, 6.45) is 2.68. The third-order valence-electron chi connectivity index (χ3n) is 4.41. The van der Waals surface area contributed by atoms with Gasteiger partial charge in [0, 0.05) is 12.0 Å². The van der Waals surface area contributed by atoms with Crippen LogP contribution in [0.1, 0.15) is 50.3 Å². The van der Waals surface area contributed by atoms with Gasteiger partial charge in [0.25, 0.3) is 0 Å². The van der Waals surface area contributed by atoms with Gasteiger partial charge in [0.2, 0.25) is 0 Å². The zero-order valence-corrected chi connectivity index (χ0v) is 11.4. The van der Waals surface area contributed by atoms with Gasteiger partial charge in [-0.05, 0) is 32.3 Å². The molecule has 3 heteroatoms. The van der Waals surface area contributed by atoms with Gasteiger partial charge in [-0.1, -0.05) is 24.6 Å². The lowest BCUT2D eigenvalue weighted by Gasteiger charge is -2.39. The van der Waals surface area contributed by atoms with Crippen molar-refractivity contribution in [1.29, 1.82) is 5.26 Å². The van der Waals surface area contributed by atoms with Crippen LogP contribution in [0.15, 0.2) is 18.2 Å². The fourth-order valence-corrected chi connectivity index (χ4v) is 3.16. The van der Waals surface area contributed by atoms with Crippen LogP contribution in [0.25, 0.3) is 0 Å². The van der Waals surface area contributed by atoms with E-state index in [4.69, 9.17) is 4.74 Å². The maximum absolute atomic E-state index is 10.6. The molecule has 1 aliphatic heterocycles. The summed E-state index contributed by atoms with van der Waals surface area (Å²) < 4.78 is 5.99. The summed E-state index contributed by atoms with van der Waals surface area (Å²) >= 11 is 0. The highest BCUT2D eigenvalue weighted by Gasteiger charge is 2.46. The molecule has 2 aliphatic rings. The largest absolute Gasteiger partial charge is 0.487 e. The molecule has 1 fully saturated rings. The molecule has 0 aromatic heterocycles. The van der Waals surface area contributed by atoms with Crippen LogP contribution in [-0.4, -0.2) is 10.7 Å². The number of benzene rings is 1. The van der Waals surface area contributed by atoms with E-state index in [1.807, 2.05) is 32.0 Å². The van der Waals surface area contributed by atoms with Gasteiger partial charge in [-0.2, -0.15) is 5.26 Å². The van der Waals surface area contributed by atoms with Gasteiger partial charge in [-0.25, -0.2) is 0 Å². The lowest BCUT2D eigenvalue weighted by Crippen LogP contribution is -2.34. The van der Waals surface area contributed by atoms with E-state index in [9.17, 15) is 10.4 Å². The van der Waals surface area contributed by atoms with E-state index in [2.05, 4.69) is 6.07 Å². The summed E-state index contributed by atoms with van der Waals surface area (Å²) in [6.45, 7) is 4.10. The van der Waals surface area contributed by atoms with Crippen molar-refractivity contribution >= 4 is 0 Å². The van der Waals surface area contributed by atoms with Crippen molar-refractivity contribution in [3.63, 3.8) is 0 Å². The maximum atomic E-state index is 10.6. The fourth-order valence-electron chi connectivity index (χ4n) is 3.16. The first-order valence-corrected chi connectivity index (χ1v) is 6.88. The molecule has 3 nitrogen and oxygen atoms in total. The SMILES string of the molecule is CC1(C)Cc2cccc(C(O)C3(C#N)CCC3)c2O1. The Kier molecular flexibility index (Phi) is 2.62. The Labute approximate surface area is 113 Å². The van der Waals surface area contributed by atoms with Crippen molar-refractivity contribution in [3.8, 4) is 11.8 Å². The molecular formula is C16H19NO2. The second-order valence-corrected chi connectivity index (χ2v) is 6.40. The molecule has 0 amide bonds. The number of para-hydroxylation sites is 1. The van der Waals surface area contributed by atoms with E-state index in [0.717, 1.165) is 42.6 Å². The van der Waals surface area contributed by atoms with Crippen molar-refractivity contribution in [2.75, 3.05) is 0 Å². The predicted octanol–water partition coefficient (Wildman–Crippen LogP) is 3.13. The van der Waals surface area contributed by atoms with Crippen LogP contribution in [0.3, 0.4) is 0 Å². The second kappa shape index (κ2) is 3.98. The Hall–Kier alpha value is -1.53. The molecule has 19 heavy (non-hydrogen) atoms. The number of aliphatic hydroxyl groups is 1. The fraction of sp³-hybridized carbons (Fsp3) is 0.562. The summed E-state index contributed by atoms with van der Waals surface area (Å²) in [7, 11) is 0. The highest BCUT2D eigenvalue weighted by Crippen LogP contribution is 2.52. The molecule has 1 saturated carbocycles. The standard InChI is InChI=1S/C16H19NO2/c1-15(2)9-11-5-3-6-12(13(11)19-15)14(18)16(10-17)7-4-8-16/h3,5-6,14,18H,4,7-9H2,1-2H3. The lowest BCUT2D eigenvalue weighted by molar-refractivity contribution is 0.00478. The van der Waals surface area contributed by atoms with Crippen LogP contribution in [0, 0.1) is 16.7 Å². The number of nitriles is 1. The van der Waals surface area contributed by atoms with E-state index in [0.29, 0.717) is 0 Å². The zero-order chi connectivity index (χ0) is 13.7. The molecular weight excluding hydrogens is 238 g/mol. The quantitative estimate of drug-likeness (QED) is 0.885. The molecule has 1 N–H and O–H groups in total. The highest BCUT2D eigenvalue weighted by atomic mass is 16.5. The van der Waals surface area contributed by atoms with E-state index in [-0.39, 0.29) is 5.60 Å². The average Bonchev–Trinajstić information content (AvgIpc) is 2.61. The van der Waals surface area contributed by atoms with Crippen LogP contribution in [0.5, 0.6) is 5.75 Å². The number of aliphatic hydroxyl groups excluding tert-OH is 1. The van der Waals surface area contributed by atoms with E-state index in [1.165, 1.54) is 0 Å². The number of ether oxygens (including phenoxy) is 1. The topological polar surface area (TPSA) is 53.2 Å². The van der Waals surface area contributed by atoms with Gasteiger partial charge in [-0.3, -0.25) is 0 Å². The van der Waals surface area contributed by atoms with Gasteiger partial charge in [-0.15, -0.1) is 0 Å². The van der Waals surface area contributed by atoms with Gasteiger partial charge in [0.15, 0.2) is 0 Å². The molecule has 1 aromatic carbocycles. The number of fused-ring (bicyclic) bond motifs is 1. The van der Waals surface area contributed by atoms with E-state index >= 15 is 0 Å². The van der Waals surface area contributed by atoms with Crippen LogP contribution < -0.4 is 4.74 Å². The first kappa shape index (κ1) is 12.5. The van der Waals surface area contributed by atoms with Gasteiger partial charge >= 0.3 is 0 Å². The molecule has 0 bridgehead atoms. The van der Waals surface area contributed by atoms with Crippen LogP contribution >= 0.6 is 0 Å². The molecule has 3 rings (SSSR count). The molecule has 1 unspecified atom stereocenters. The second-order valence-electron chi connectivity index (χ2n) is 6.40. The van der Waals surface area contributed by atoms with E-state index < -0.39 is 11.5 Å². The summed E-state index contributed by atoms with van der Waals surface area (Å²) in [5.74, 6) is 0.793. The molecule has 100 valence electrons. The Morgan fingerprint density at radius 1 is 1.37 bits per heavy atom. The third-order valence-corrected chi connectivity index (χ3v) is 4.41. The monoisotopic (exact) mass is 257 g/mol. The molecule has 0 saturated heterocycles. The smallest absolute Gasteiger partial charge is 0.129 e. The Bertz CT molecular complexity index is 552. The molecule has 1 atom stereocenters. The molecule has 1 heterocycles. The highest BCUT2D eigenvalue weighted by molar-refractivity contribution is 5.48.